The van der Waals surface area contributed by atoms with Crippen molar-refractivity contribution in [3.63, 3.8) is 0 Å². The van der Waals surface area contributed by atoms with Crippen LogP contribution in [0, 0.1) is 0 Å². The molecule has 1 aliphatic carbocycles. The van der Waals surface area contributed by atoms with Crippen molar-refractivity contribution in [1.82, 2.24) is 5.32 Å². The molecule has 0 aromatic heterocycles. The van der Waals surface area contributed by atoms with Crippen molar-refractivity contribution >= 4 is 5.96 Å². The highest BCUT2D eigenvalue weighted by Crippen LogP contribution is 2.32. The molecule has 18 heteroatoms. The minimum absolute atomic E-state index is 0.0106. The molecule has 0 radical (unpaired) electrons. The van der Waals surface area contributed by atoms with E-state index in [1.165, 1.54) is 0 Å². The summed E-state index contributed by atoms with van der Waals surface area (Å²) >= 11 is 0. The number of rotatable bonds is 13. The van der Waals surface area contributed by atoms with Crippen LogP contribution >= 0.6 is 0 Å². The number of guanidine groups is 1. The van der Waals surface area contributed by atoms with E-state index in [0.29, 0.717) is 19.6 Å². The van der Waals surface area contributed by atoms with Gasteiger partial charge in [0.2, 0.25) is 0 Å². The van der Waals surface area contributed by atoms with Gasteiger partial charge in [-0.1, -0.05) is 0 Å². The SMILES string of the molecule is NC[C@H]1O[C@H](O[C@@H]2[C@@H](OCCNCCN=C(N)N)[C@H](O[C@H]3O[C@H](CO)[C@@H](O)[C@H](N)[C@H]3O)[C@@H](N)C[C@H]2N)[C@H](N)C[C@@H]1O. The lowest BCUT2D eigenvalue weighted by Crippen LogP contribution is -2.68. The minimum Gasteiger partial charge on any atom is -0.394 e. The summed E-state index contributed by atoms with van der Waals surface area (Å²) < 4.78 is 30.1. The van der Waals surface area contributed by atoms with E-state index in [0.717, 1.165) is 0 Å². The molecule has 18 nitrogen and oxygen atoms in total. The number of aliphatic imine (C=N–C) groups is 1. The van der Waals surface area contributed by atoms with E-state index < -0.39 is 92.2 Å². The zero-order valence-corrected chi connectivity index (χ0v) is 23.1. The van der Waals surface area contributed by atoms with Crippen molar-refractivity contribution < 1.29 is 44.1 Å². The predicted molar refractivity (Wildman–Crippen MR) is 146 cm³/mol. The van der Waals surface area contributed by atoms with Gasteiger partial charge in [-0.25, -0.2) is 0 Å². The van der Waals surface area contributed by atoms with E-state index in [2.05, 4.69) is 10.3 Å². The maximum Gasteiger partial charge on any atom is 0.186 e. The summed E-state index contributed by atoms with van der Waals surface area (Å²) in [6.07, 6.45) is -9.92. The standard InChI is InChI=1S/C23H49N9O9/c24-7-13-12(34)6-11(27)21(38-13)40-18-9(25)5-10(26)19(20(18)37-4-3-31-1-2-32-23(29)30)41-22-17(36)15(28)16(35)14(8-33)39-22/h9-22,31,33-36H,1-8,24-28H2,(H4,29,30,32)/t9-,10+,11-,12+,13-,14-,15+,16-,17-,18+,19-,20-,21-,22-/m1/s1. The number of aliphatic hydroxyl groups is 4. The van der Waals surface area contributed by atoms with Gasteiger partial charge in [0.15, 0.2) is 18.5 Å². The number of hydrogen-bond donors (Lipinski definition) is 12. The average Bonchev–Trinajstić information content (AvgIpc) is 2.92. The zero-order valence-electron chi connectivity index (χ0n) is 23.1. The van der Waals surface area contributed by atoms with E-state index in [4.69, 9.17) is 63.8 Å². The molecule has 14 atom stereocenters. The Bertz CT molecular complexity index is 815. The number of hydrogen-bond acceptors (Lipinski definition) is 16. The molecule has 0 aromatic rings. The van der Waals surface area contributed by atoms with Gasteiger partial charge in [-0.2, -0.15) is 0 Å². The Labute approximate surface area is 238 Å². The molecule has 0 aromatic carbocycles. The lowest BCUT2D eigenvalue weighted by Gasteiger charge is -2.49. The maximum absolute atomic E-state index is 10.7. The molecule has 3 rings (SSSR count). The van der Waals surface area contributed by atoms with Crippen molar-refractivity contribution in [3.8, 4) is 0 Å². The fraction of sp³-hybridized carbons (Fsp3) is 0.957. The fourth-order valence-corrected chi connectivity index (χ4v) is 5.25. The Kier molecular flexibility index (Phi) is 13.3. The zero-order chi connectivity index (χ0) is 30.3. The second-order valence-corrected chi connectivity index (χ2v) is 10.7. The van der Waals surface area contributed by atoms with Crippen LogP contribution in [-0.2, 0) is 23.7 Å². The number of ether oxygens (including phenoxy) is 5. The quantitative estimate of drug-likeness (QED) is 0.0534. The maximum atomic E-state index is 10.7. The van der Waals surface area contributed by atoms with E-state index in [1.54, 1.807) is 0 Å². The summed E-state index contributed by atoms with van der Waals surface area (Å²) in [6.45, 7) is 0.932. The first kappa shape index (κ1) is 34.2. The molecule has 41 heavy (non-hydrogen) atoms. The molecule has 0 bridgehead atoms. The van der Waals surface area contributed by atoms with Crippen LogP contribution in [0.25, 0.3) is 0 Å². The van der Waals surface area contributed by atoms with Gasteiger partial charge >= 0.3 is 0 Å². The van der Waals surface area contributed by atoms with Crippen LogP contribution in [0.15, 0.2) is 4.99 Å². The molecule has 3 fully saturated rings. The monoisotopic (exact) mass is 595 g/mol. The summed E-state index contributed by atoms with van der Waals surface area (Å²) in [5.74, 6) is -0.0106. The van der Waals surface area contributed by atoms with Crippen LogP contribution in [0.4, 0.5) is 0 Å². The Balaban J connectivity index is 1.77. The molecule has 240 valence electrons. The molecule has 2 heterocycles. The molecule has 0 unspecified atom stereocenters. The van der Waals surface area contributed by atoms with Crippen molar-refractivity contribution in [2.24, 2.45) is 45.1 Å². The van der Waals surface area contributed by atoms with Gasteiger partial charge in [-0.3, -0.25) is 4.99 Å². The summed E-state index contributed by atoms with van der Waals surface area (Å²) in [5.41, 5.74) is 41.6. The summed E-state index contributed by atoms with van der Waals surface area (Å²) in [4.78, 5) is 3.90. The minimum atomic E-state index is -1.44. The molecular weight excluding hydrogens is 546 g/mol. The highest BCUT2D eigenvalue weighted by atomic mass is 16.7. The van der Waals surface area contributed by atoms with Crippen LogP contribution in [0.2, 0.25) is 0 Å². The van der Waals surface area contributed by atoms with Gasteiger partial charge in [0.05, 0.1) is 44.1 Å². The van der Waals surface area contributed by atoms with Gasteiger partial charge < -0.3 is 89.6 Å². The van der Waals surface area contributed by atoms with Crippen molar-refractivity contribution in [2.45, 2.75) is 98.4 Å². The second kappa shape index (κ2) is 15.9. The molecule has 0 spiro atoms. The van der Waals surface area contributed by atoms with E-state index >= 15 is 0 Å². The number of nitrogens with two attached hydrogens (primary N) is 7. The van der Waals surface area contributed by atoms with Crippen molar-refractivity contribution in [1.29, 1.82) is 0 Å². The van der Waals surface area contributed by atoms with Crippen LogP contribution in [0.3, 0.4) is 0 Å². The topological polar surface area (TPSA) is 334 Å². The van der Waals surface area contributed by atoms with Gasteiger partial charge in [0.1, 0.15) is 36.6 Å². The van der Waals surface area contributed by atoms with Gasteiger partial charge in [-0.05, 0) is 12.8 Å². The van der Waals surface area contributed by atoms with Crippen molar-refractivity contribution in [3.05, 3.63) is 0 Å². The van der Waals surface area contributed by atoms with Crippen LogP contribution < -0.4 is 45.5 Å². The third kappa shape index (κ3) is 8.85. The van der Waals surface area contributed by atoms with E-state index in [-0.39, 0.29) is 32.0 Å². The number of nitrogens with zero attached hydrogens (tertiary/aromatic N) is 1. The summed E-state index contributed by atoms with van der Waals surface area (Å²) in [7, 11) is 0. The predicted octanol–water partition coefficient (Wildman–Crippen LogP) is -7.41. The van der Waals surface area contributed by atoms with Crippen LogP contribution in [0.1, 0.15) is 12.8 Å². The smallest absolute Gasteiger partial charge is 0.186 e. The first-order chi connectivity index (χ1) is 19.5. The fourth-order valence-electron chi connectivity index (χ4n) is 5.25. The lowest BCUT2D eigenvalue weighted by atomic mass is 9.84. The molecular formula is C23H49N9O9. The Hall–Kier alpha value is -1.33. The molecule has 0 amide bonds. The molecule has 2 saturated heterocycles. The average molecular weight is 596 g/mol. The van der Waals surface area contributed by atoms with Crippen LogP contribution in [-0.4, -0.2) is 151 Å². The van der Waals surface area contributed by atoms with Crippen molar-refractivity contribution in [2.75, 3.05) is 39.4 Å². The Morgan fingerprint density at radius 1 is 0.829 bits per heavy atom. The second-order valence-electron chi connectivity index (χ2n) is 10.7. The van der Waals surface area contributed by atoms with Gasteiger partial charge in [0.25, 0.3) is 0 Å². The Morgan fingerprint density at radius 3 is 2.07 bits per heavy atom. The largest absolute Gasteiger partial charge is 0.394 e. The molecule has 3 aliphatic rings. The van der Waals surface area contributed by atoms with Crippen LogP contribution in [0.5, 0.6) is 0 Å². The number of nitrogens with one attached hydrogen (secondary N) is 1. The Morgan fingerprint density at radius 2 is 1.46 bits per heavy atom. The third-order valence-electron chi connectivity index (χ3n) is 7.56. The normalized spacial score (nSPS) is 43.5. The highest BCUT2D eigenvalue weighted by Gasteiger charge is 2.51. The molecule has 2 aliphatic heterocycles. The lowest BCUT2D eigenvalue weighted by molar-refractivity contribution is -0.318. The first-order valence-corrected chi connectivity index (χ1v) is 13.8. The number of aliphatic hydroxyl groups excluding tert-OH is 4. The van der Waals surface area contributed by atoms with Gasteiger partial charge in [-0.15, -0.1) is 0 Å². The highest BCUT2D eigenvalue weighted by molar-refractivity contribution is 5.75. The summed E-state index contributed by atoms with van der Waals surface area (Å²) in [5, 5.41) is 43.9. The first-order valence-electron chi connectivity index (χ1n) is 13.8. The molecule has 1 saturated carbocycles. The summed E-state index contributed by atoms with van der Waals surface area (Å²) in [6, 6.07) is -3.14. The van der Waals surface area contributed by atoms with E-state index in [9.17, 15) is 20.4 Å². The molecule has 19 N–H and O–H groups in total. The third-order valence-corrected chi connectivity index (χ3v) is 7.56. The van der Waals surface area contributed by atoms with E-state index in [1.807, 2.05) is 0 Å². The van der Waals surface area contributed by atoms with Gasteiger partial charge in [0, 0.05) is 31.7 Å².